The Hall–Kier alpha value is -4.25. The Balaban J connectivity index is 1.41. The van der Waals surface area contributed by atoms with Crippen molar-refractivity contribution < 1.29 is 41.2 Å². The largest absolute Gasteiger partial charge is 0.614 e. The van der Waals surface area contributed by atoms with Gasteiger partial charge in [0.15, 0.2) is 17.5 Å². The van der Waals surface area contributed by atoms with E-state index in [0.29, 0.717) is 5.56 Å². The number of β-lactam (4-membered cyclic amide) rings is 1. The number of non-ortho nitro benzene ring substituents is 1. The van der Waals surface area contributed by atoms with Crippen LogP contribution in [0.2, 0.25) is 0 Å². The number of nitro groups is 1. The van der Waals surface area contributed by atoms with E-state index in [1.54, 1.807) is 36.6 Å². The molecule has 1 aromatic heterocycles. The van der Waals surface area contributed by atoms with Crippen molar-refractivity contribution in [2.45, 2.75) is 36.3 Å². The topological polar surface area (TPSA) is 185 Å². The molecule has 224 valence electrons. The van der Waals surface area contributed by atoms with Crippen LogP contribution in [0.3, 0.4) is 0 Å². The van der Waals surface area contributed by atoms with E-state index in [9.17, 15) is 37.5 Å². The summed E-state index contributed by atoms with van der Waals surface area (Å²) >= 11 is -0.618. The van der Waals surface area contributed by atoms with Gasteiger partial charge in [0.1, 0.15) is 11.5 Å². The van der Waals surface area contributed by atoms with E-state index >= 15 is 0 Å². The van der Waals surface area contributed by atoms with Crippen LogP contribution in [-0.4, -0.2) is 57.7 Å². The second-order valence-electron chi connectivity index (χ2n) is 9.55. The SMILES string of the molecule is Cc1ccc(S(=O)(=O)OC2=C(C(=O)OCc3ccc([N+](=O)[O-])cc3)N3C(=O)C(NC(=O)Cc4cccs4)[C@@H]3[S+]([O-])C2)cc1. The fourth-order valence-electron chi connectivity index (χ4n) is 4.41. The van der Waals surface area contributed by atoms with Gasteiger partial charge >= 0.3 is 16.1 Å². The summed E-state index contributed by atoms with van der Waals surface area (Å²) in [6, 6.07) is 13.1. The van der Waals surface area contributed by atoms with Crippen LogP contribution in [0.5, 0.6) is 0 Å². The molecule has 2 unspecified atom stereocenters. The summed E-state index contributed by atoms with van der Waals surface area (Å²) in [5, 5.41) is 14.1. The van der Waals surface area contributed by atoms with E-state index in [1.165, 1.54) is 47.7 Å². The lowest BCUT2D eigenvalue weighted by atomic mass is 10.0. The van der Waals surface area contributed by atoms with E-state index < -0.39 is 72.6 Å². The van der Waals surface area contributed by atoms with E-state index in [0.717, 1.165) is 15.3 Å². The molecule has 1 fully saturated rings. The van der Waals surface area contributed by atoms with Crippen molar-refractivity contribution in [3.05, 3.63) is 104 Å². The Morgan fingerprint density at radius 2 is 1.84 bits per heavy atom. The molecular formula is C27H23N3O10S3. The third-order valence-electron chi connectivity index (χ3n) is 6.55. The van der Waals surface area contributed by atoms with Crippen molar-refractivity contribution in [1.29, 1.82) is 0 Å². The lowest BCUT2D eigenvalue weighted by Gasteiger charge is -2.48. The van der Waals surface area contributed by atoms with Gasteiger partial charge in [-0.2, -0.15) is 8.42 Å². The molecule has 0 spiro atoms. The quantitative estimate of drug-likeness (QED) is 0.0856. The van der Waals surface area contributed by atoms with Gasteiger partial charge in [0.2, 0.25) is 17.0 Å². The first-order valence-corrected chi connectivity index (χ1v) is 16.3. The maximum Gasteiger partial charge on any atom is 0.359 e. The minimum atomic E-state index is -4.51. The molecule has 3 aromatic rings. The van der Waals surface area contributed by atoms with Gasteiger partial charge < -0.3 is 18.8 Å². The average Bonchev–Trinajstić information content (AvgIpc) is 3.47. The molecule has 2 aliphatic heterocycles. The van der Waals surface area contributed by atoms with Crippen LogP contribution in [0.4, 0.5) is 5.69 Å². The summed E-state index contributed by atoms with van der Waals surface area (Å²) in [5.41, 5.74) is 0.425. The minimum Gasteiger partial charge on any atom is -0.614 e. The molecule has 3 heterocycles. The molecule has 1 N–H and O–H groups in total. The Kier molecular flexibility index (Phi) is 8.55. The minimum absolute atomic E-state index is 0.00999. The van der Waals surface area contributed by atoms with Gasteiger partial charge in [-0.25, -0.2) is 4.79 Å². The Morgan fingerprint density at radius 3 is 2.47 bits per heavy atom. The number of carbonyl (C=O) groups is 3. The normalized spacial score (nSPS) is 19.7. The monoisotopic (exact) mass is 645 g/mol. The number of carbonyl (C=O) groups excluding carboxylic acids is 3. The second kappa shape index (κ2) is 12.2. The van der Waals surface area contributed by atoms with Gasteiger partial charge in [-0.3, -0.25) is 24.6 Å². The van der Waals surface area contributed by atoms with Crippen LogP contribution in [0.1, 0.15) is 16.0 Å². The summed E-state index contributed by atoms with van der Waals surface area (Å²) in [6.45, 7) is 1.38. The van der Waals surface area contributed by atoms with Crippen molar-refractivity contribution in [2.24, 2.45) is 0 Å². The first-order valence-electron chi connectivity index (χ1n) is 12.6. The molecule has 43 heavy (non-hydrogen) atoms. The van der Waals surface area contributed by atoms with Crippen LogP contribution in [0, 0.1) is 17.0 Å². The molecule has 0 aliphatic carbocycles. The number of amides is 2. The van der Waals surface area contributed by atoms with Crippen LogP contribution in [0.15, 0.2) is 82.4 Å². The second-order valence-corrected chi connectivity index (χ2v) is 13.7. The number of thiophene rings is 1. The number of esters is 1. The number of rotatable bonds is 10. The number of aryl methyl sites for hydroxylation is 1. The summed E-state index contributed by atoms with van der Waals surface area (Å²) in [7, 11) is -4.51. The van der Waals surface area contributed by atoms with Crippen molar-refractivity contribution >= 4 is 56.1 Å². The van der Waals surface area contributed by atoms with Crippen molar-refractivity contribution in [2.75, 3.05) is 5.75 Å². The fourth-order valence-corrected chi connectivity index (χ4v) is 7.71. The molecule has 13 nitrogen and oxygen atoms in total. The van der Waals surface area contributed by atoms with Crippen LogP contribution in [-0.2, 0) is 57.6 Å². The lowest BCUT2D eigenvalue weighted by Crippen LogP contribution is -2.75. The molecule has 16 heteroatoms. The molecule has 1 saturated heterocycles. The highest BCUT2D eigenvalue weighted by atomic mass is 32.2. The van der Waals surface area contributed by atoms with E-state index in [4.69, 9.17) is 8.92 Å². The first-order chi connectivity index (χ1) is 20.4. The summed E-state index contributed by atoms with van der Waals surface area (Å²) in [6.07, 6.45) is -0.00999. The lowest BCUT2D eigenvalue weighted by molar-refractivity contribution is -0.384. The van der Waals surface area contributed by atoms with Gasteiger partial charge in [-0.15, -0.1) is 11.3 Å². The number of ether oxygens (including phenoxy) is 1. The third-order valence-corrected chi connectivity index (χ3v) is 10.3. The van der Waals surface area contributed by atoms with Gasteiger partial charge in [0.25, 0.3) is 11.6 Å². The number of nitrogens with zero attached hydrogens (tertiary/aromatic N) is 2. The molecule has 3 atom stereocenters. The Labute approximate surface area is 252 Å². The molecule has 0 saturated carbocycles. The number of nitrogens with one attached hydrogen (secondary N) is 1. The highest BCUT2D eigenvalue weighted by Gasteiger charge is 2.62. The zero-order chi connectivity index (χ0) is 30.9. The van der Waals surface area contributed by atoms with Crippen LogP contribution in [0.25, 0.3) is 0 Å². The molecule has 0 radical (unpaired) electrons. The molecule has 5 rings (SSSR count). The summed E-state index contributed by atoms with van der Waals surface area (Å²) in [5.74, 6) is -3.55. The summed E-state index contributed by atoms with van der Waals surface area (Å²) in [4.78, 5) is 50.9. The first kappa shape index (κ1) is 30.2. The number of hydrogen-bond acceptors (Lipinski definition) is 11. The van der Waals surface area contributed by atoms with E-state index in [1.807, 2.05) is 0 Å². The third kappa shape index (κ3) is 6.41. The zero-order valence-electron chi connectivity index (χ0n) is 22.3. The maximum atomic E-state index is 13.4. The fraction of sp³-hybridized carbons (Fsp3) is 0.222. The van der Waals surface area contributed by atoms with Crippen LogP contribution < -0.4 is 5.32 Å². The molecular weight excluding hydrogens is 623 g/mol. The van der Waals surface area contributed by atoms with Crippen molar-refractivity contribution in [3.8, 4) is 0 Å². The van der Waals surface area contributed by atoms with Crippen LogP contribution >= 0.6 is 11.3 Å². The Bertz CT molecular complexity index is 1710. The number of benzene rings is 2. The highest BCUT2D eigenvalue weighted by molar-refractivity contribution is 7.92. The molecule has 2 aliphatic rings. The van der Waals surface area contributed by atoms with Gasteiger partial charge in [-0.05, 0) is 59.4 Å². The van der Waals surface area contributed by atoms with Gasteiger partial charge in [0, 0.05) is 17.0 Å². The highest BCUT2D eigenvalue weighted by Crippen LogP contribution is 2.38. The smallest absolute Gasteiger partial charge is 0.359 e. The zero-order valence-corrected chi connectivity index (χ0v) is 24.8. The Morgan fingerprint density at radius 1 is 1.14 bits per heavy atom. The number of fused-ring (bicyclic) bond motifs is 1. The predicted molar refractivity (Wildman–Crippen MR) is 153 cm³/mol. The standard InChI is InChI=1S/C27H23N3O10S3/c1-16-4-10-20(11-5-16)43(37,38)40-21-15-42(36)26-23(28-22(31)13-19-3-2-12-41-19)25(32)29(26)24(21)27(33)39-14-17-6-8-18(9-7-17)30(34)35/h2-12,23,26H,13-15H2,1H3,(H,28,31)/t23?,26-,42?/m0/s1. The predicted octanol–water partition coefficient (Wildman–Crippen LogP) is 2.28. The van der Waals surface area contributed by atoms with E-state index in [2.05, 4.69) is 5.32 Å². The maximum absolute atomic E-state index is 13.4. The van der Waals surface area contributed by atoms with E-state index in [-0.39, 0.29) is 23.6 Å². The van der Waals surface area contributed by atoms with Gasteiger partial charge in [-0.1, -0.05) is 23.8 Å². The van der Waals surface area contributed by atoms with Gasteiger partial charge in [0.05, 0.1) is 11.3 Å². The summed E-state index contributed by atoms with van der Waals surface area (Å²) < 4.78 is 50.1. The molecule has 2 aromatic carbocycles. The average molecular weight is 646 g/mol. The van der Waals surface area contributed by atoms with Crippen molar-refractivity contribution in [3.63, 3.8) is 0 Å². The number of nitro benzene ring substituents is 1. The van der Waals surface area contributed by atoms with Crippen molar-refractivity contribution in [1.82, 2.24) is 10.2 Å². The molecule has 2 amide bonds. The molecule has 0 bridgehead atoms. The number of hydrogen-bond donors (Lipinski definition) is 1.